The number of aromatic amines is 1. The second-order valence-corrected chi connectivity index (χ2v) is 15.0. The molecule has 2 aromatic rings. The van der Waals surface area contributed by atoms with Gasteiger partial charge >= 0.3 is 0 Å². The van der Waals surface area contributed by atoms with Gasteiger partial charge in [-0.25, -0.2) is 4.98 Å². The van der Waals surface area contributed by atoms with Crippen LogP contribution >= 0.6 is 0 Å². The maximum atomic E-state index is 13.1. The summed E-state index contributed by atoms with van der Waals surface area (Å²) >= 11 is 0. The van der Waals surface area contributed by atoms with Gasteiger partial charge in [0.2, 0.25) is 0 Å². The molecule has 246 valence electrons. The van der Waals surface area contributed by atoms with Crippen molar-refractivity contribution < 1.29 is 4.79 Å². The third-order valence-electron chi connectivity index (χ3n) is 11.6. The Bertz CT molecular complexity index is 1540. The number of likely N-dealkylation sites (tertiary alicyclic amines) is 1. The summed E-state index contributed by atoms with van der Waals surface area (Å²) in [4.78, 5) is 24.3. The maximum absolute atomic E-state index is 13.1. The molecule has 1 aromatic heterocycles. The van der Waals surface area contributed by atoms with Crippen LogP contribution in [0.1, 0.15) is 85.0 Å². The number of carbonyl (C=O) groups is 1. The molecular formula is C37H52N8O. The predicted octanol–water partition coefficient (Wildman–Crippen LogP) is 5.02. The van der Waals surface area contributed by atoms with Crippen LogP contribution in [0.3, 0.4) is 0 Å². The first-order chi connectivity index (χ1) is 21.9. The van der Waals surface area contributed by atoms with Crippen molar-refractivity contribution in [2.75, 3.05) is 34.7 Å². The van der Waals surface area contributed by atoms with Gasteiger partial charge in [-0.2, -0.15) is 10.4 Å². The van der Waals surface area contributed by atoms with Gasteiger partial charge < -0.3 is 20.0 Å². The maximum Gasteiger partial charge on any atom is 0.253 e. The van der Waals surface area contributed by atoms with Crippen molar-refractivity contribution in [3.05, 3.63) is 71.1 Å². The van der Waals surface area contributed by atoms with Crippen molar-refractivity contribution in [1.29, 1.82) is 5.26 Å². The van der Waals surface area contributed by atoms with Crippen LogP contribution in [0.2, 0.25) is 0 Å². The second-order valence-electron chi connectivity index (χ2n) is 15.0. The molecule has 2 saturated carbocycles. The van der Waals surface area contributed by atoms with Crippen molar-refractivity contribution in [2.45, 2.75) is 88.8 Å². The molecule has 3 fully saturated rings. The number of hydrogen-bond donors (Lipinski definition) is 2. The molecule has 0 radical (unpaired) electrons. The van der Waals surface area contributed by atoms with Crippen LogP contribution < -0.4 is 5.32 Å². The SMILES string of the molecule is C=C(C1CCC2[C@@H](CCc3cc(C(=O)N(C)C)ccc3C2(C[C@@H](C)NCC(=C)N2C(C#N)C[C@@H]3C[C@@H]32)c2n[nH]c(C)n2)C1)N(C)C. The first-order valence-corrected chi connectivity index (χ1v) is 17.1. The zero-order chi connectivity index (χ0) is 32.9. The van der Waals surface area contributed by atoms with E-state index in [1.165, 1.54) is 23.2 Å². The lowest BCUT2D eigenvalue weighted by molar-refractivity contribution is 0.0827. The highest BCUT2D eigenvalue weighted by Gasteiger charge is 2.54. The third kappa shape index (κ3) is 5.74. The van der Waals surface area contributed by atoms with E-state index in [-0.39, 0.29) is 18.0 Å². The highest BCUT2D eigenvalue weighted by Crippen LogP contribution is 2.56. The van der Waals surface area contributed by atoms with E-state index < -0.39 is 5.41 Å². The van der Waals surface area contributed by atoms with Crippen LogP contribution in [-0.4, -0.2) is 88.6 Å². The number of rotatable bonds is 10. The summed E-state index contributed by atoms with van der Waals surface area (Å²) in [6, 6.07) is 9.42. The van der Waals surface area contributed by atoms with Gasteiger partial charge in [0, 0.05) is 63.8 Å². The van der Waals surface area contributed by atoms with Gasteiger partial charge in [0.15, 0.2) is 5.82 Å². The molecule has 2 N–H and O–H groups in total. The Morgan fingerprint density at radius 2 is 1.93 bits per heavy atom. The average Bonchev–Trinajstić information content (AvgIpc) is 3.53. The minimum Gasteiger partial charge on any atom is -0.381 e. The van der Waals surface area contributed by atoms with Crippen LogP contribution in [0.15, 0.2) is 42.8 Å². The van der Waals surface area contributed by atoms with Crippen LogP contribution in [0.25, 0.3) is 0 Å². The molecule has 46 heavy (non-hydrogen) atoms. The standard InChI is InChI=1S/C37H52N8O/c1-22(39-21-23(2)45-31(20-38)17-30-18-34(30)45)19-37(36-40-25(4)41-42-36)32-13-11-26(24(3)43(5)6)15-27(32)9-10-28-16-29(12-14-33(28)37)35(46)44(7)8/h12,14,16,22,26-27,30-32,34,39H,2-3,9-11,13,15,17-19,21H2,1,4-8H3,(H,40,41,42)/t22-,26?,27+,30-,31?,32?,34+,37?/m1/s1. The molecule has 1 aliphatic heterocycles. The number of nitrogens with one attached hydrogen (secondary N) is 2. The number of carbonyl (C=O) groups excluding carboxylic acids is 1. The lowest BCUT2D eigenvalue weighted by Crippen LogP contribution is -2.48. The van der Waals surface area contributed by atoms with Crippen molar-refractivity contribution in [3.63, 3.8) is 0 Å². The fraction of sp³-hybridized carbons (Fsp3) is 0.622. The monoisotopic (exact) mass is 624 g/mol. The topological polar surface area (TPSA) is 104 Å². The van der Waals surface area contributed by atoms with Crippen LogP contribution in [-0.2, 0) is 11.8 Å². The molecule has 3 aliphatic carbocycles. The predicted molar refractivity (Wildman–Crippen MR) is 181 cm³/mol. The van der Waals surface area contributed by atoms with E-state index in [1.807, 2.05) is 27.1 Å². The summed E-state index contributed by atoms with van der Waals surface area (Å²) in [7, 11) is 7.83. The van der Waals surface area contributed by atoms with Gasteiger partial charge in [-0.3, -0.25) is 9.89 Å². The smallest absolute Gasteiger partial charge is 0.253 e. The Morgan fingerprint density at radius 1 is 1.15 bits per heavy atom. The molecule has 4 aliphatic rings. The number of amides is 1. The number of aromatic nitrogens is 3. The summed E-state index contributed by atoms with van der Waals surface area (Å²) in [6.45, 7) is 13.8. The minimum absolute atomic E-state index is 0.0233. The summed E-state index contributed by atoms with van der Waals surface area (Å²) in [5.41, 5.74) is 5.01. The molecule has 2 heterocycles. The number of fused-ring (bicyclic) bond motifs is 3. The van der Waals surface area contributed by atoms with Gasteiger partial charge in [-0.15, -0.1) is 0 Å². The summed E-state index contributed by atoms with van der Waals surface area (Å²) in [5.74, 6) is 3.60. The number of H-pyrrole nitrogens is 1. The Morgan fingerprint density at radius 3 is 2.61 bits per heavy atom. The van der Waals surface area contributed by atoms with E-state index in [0.29, 0.717) is 36.3 Å². The number of nitriles is 1. The van der Waals surface area contributed by atoms with E-state index >= 15 is 0 Å². The Kier molecular flexibility index (Phi) is 8.79. The zero-order valence-electron chi connectivity index (χ0n) is 28.6. The van der Waals surface area contributed by atoms with Crippen LogP contribution in [0.4, 0.5) is 0 Å². The highest BCUT2D eigenvalue weighted by molar-refractivity contribution is 5.94. The molecule has 8 atom stereocenters. The molecule has 4 unspecified atom stereocenters. The van der Waals surface area contributed by atoms with E-state index in [0.717, 1.165) is 67.9 Å². The molecule has 1 saturated heterocycles. The first kappa shape index (κ1) is 32.3. The van der Waals surface area contributed by atoms with E-state index in [9.17, 15) is 10.1 Å². The minimum atomic E-state index is -0.441. The third-order valence-corrected chi connectivity index (χ3v) is 11.6. The molecule has 1 amide bonds. The van der Waals surface area contributed by atoms with Crippen molar-refractivity contribution in [1.82, 2.24) is 35.2 Å². The van der Waals surface area contributed by atoms with Gasteiger partial charge in [0.25, 0.3) is 5.91 Å². The Labute approximate surface area is 275 Å². The van der Waals surface area contributed by atoms with Gasteiger partial charge in [-0.1, -0.05) is 19.2 Å². The number of benzene rings is 1. The van der Waals surface area contributed by atoms with Crippen molar-refractivity contribution >= 4 is 5.91 Å². The molecule has 1 aromatic carbocycles. The Balaban J connectivity index is 1.38. The molecule has 0 bridgehead atoms. The summed E-state index contributed by atoms with van der Waals surface area (Å²) in [6.07, 6.45) is 8.18. The van der Waals surface area contributed by atoms with Crippen LogP contribution in [0, 0.1) is 41.9 Å². The summed E-state index contributed by atoms with van der Waals surface area (Å²) in [5, 5.41) is 21.7. The molecular weight excluding hydrogens is 572 g/mol. The van der Waals surface area contributed by atoms with Gasteiger partial charge in [0.1, 0.15) is 11.9 Å². The van der Waals surface area contributed by atoms with E-state index in [1.54, 1.807) is 4.90 Å². The Hall–Kier alpha value is -3.64. The first-order valence-electron chi connectivity index (χ1n) is 17.1. The number of piperidine rings is 1. The fourth-order valence-electron chi connectivity index (χ4n) is 9.21. The van der Waals surface area contributed by atoms with Crippen molar-refractivity contribution in [2.24, 2.45) is 23.7 Å². The highest BCUT2D eigenvalue weighted by atomic mass is 16.2. The molecule has 9 heteroatoms. The quantitative estimate of drug-likeness (QED) is 0.383. The summed E-state index contributed by atoms with van der Waals surface area (Å²) < 4.78 is 0. The normalized spacial score (nSPS) is 30.2. The van der Waals surface area contributed by atoms with Crippen LogP contribution in [0.5, 0.6) is 0 Å². The lowest BCUT2D eigenvalue weighted by Gasteiger charge is -2.48. The zero-order valence-corrected chi connectivity index (χ0v) is 28.6. The number of aryl methyl sites for hydroxylation is 2. The lowest BCUT2D eigenvalue weighted by atomic mass is 9.57. The number of hydrogen-bond acceptors (Lipinski definition) is 7. The average molecular weight is 625 g/mol. The van der Waals surface area contributed by atoms with Gasteiger partial charge in [-0.05, 0) is 112 Å². The van der Waals surface area contributed by atoms with E-state index in [4.69, 9.17) is 10.1 Å². The fourth-order valence-corrected chi connectivity index (χ4v) is 9.21. The van der Waals surface area contributed by atoms with Gasteiger partial charge in [0.05, 0.1) is 11.5 Å². The number of allylic oxidation sites excluding steroid dienone is 1. The van der Waals surface area contributed by atoms with Crippen molar-refractivity contribution in [3.8, 4) is 6.07 Å². The second kappa shape index (κ2) is 12.5. The van der Waals surface area contributed by atoms with E-state index in [2.05, 4.69) is 72.6 Å². The molecule has 9 nitrogen and oxygen atoms in total. The molecule has 6 rings (SSSR count). The number of nitrogens with zero attached hydrogens (tertiary/aromatic N) is 6. The molecule has 0 spiro atoms. The largest absolute Gasteiger partial charge is 0.381 e.